The molecule has 0 unspecified atom stereocenters. The van der Waals surface area contributed by atoms with Crippen LogP contribution in [-0.4, -0.2) is 64.8 Å². The molecule has 0 aromatic carbocycles. The summed E-state index contributed by atoms with van der Waals surface area (Å²) in [4.78, 5) is 17.1. The minimum absolute atomic E-state index is 0.0375. The first kappa shape index (κ1) is 14.4. The van der Waals surface area contributed by atoms with Crippen LogP contribution < -0.4 is 4.74 Å². The summed E-state index contributed by atoms with van der Waals surface area (Å²) in [6, 6.07) is 0. The third kappa shape index (κ3) is 2.31. The molecule has 3 heterocycles. The van der Waals surface area contributed by atoms with Gasteiger partial charge in [-0.15, -0.1) is 0 Å². The van der Waals surface area contributed by atoms with Crippen molar-refractivity contribution < 1.29 is 9.53 Å². The zero-order valence-electron chi connectivity index (χ0n) is 13.1. The number of nitrogens with zero attached hydrogens (tertiary/aromatic N) is 4. The number of carbonyl (C=O) groups excluding carboxylic acids is 1. The van der Waals surface area contributed by atoms with Gasteiger partial charge in [0.25, 0.3) is 5.91 Å². The van der Waals surface area contributed by atoms with E-state index in [-0.39, 0.29) is 5.91 Å². The maximum absolute atomic E-state index is 12.7. The Morgan fingerprint density at radius 1 is 1.24 bits per heavy atom. The van der Waals surface area contributed by atoms with Gasteiger partial charge in [0.05, 0.1) is 13.3 Å². The highest BCUT2D eigenvalue weighted by Gasteiger charge is 2.42. The maximum atomic E-state index is 12.7. The van der Waals surface area contributed by atoms with Crippen LogP contribution in [0.5, 0.6) is 5.88 Å². The van der Waals surface area contributed by atoms with E-state index in [0.29, 0.717) is 17.0 Å². The smallest absolute Gasteiger partial charge is 0.260 e. The average molecular weight is 292 g/mol. The van der Waals surface area contributed by atoms with Crippen molar-refractivity contribution in [3.05, 3.63) is 11.8 Å². The van der Waals surface area contributed by atoms with Crippen LogP contribution in [0.15, 0.2) is 6.20 Å². The summed E-state index contributed by atoms with van der Waals surface area (Å²) in [5.74, 6) is 0.578. The van der Waals surface area contributed by atoms with E-state index in [2.05, 4.69) is 17.0 Å². The Bertz CT molecular complexity index is 532. The number of aryl methyl sites for hydroxylation is 1. The number of piperidine rings is 1. The lowest BCUT2D eigenvalue weighted by Crippen LogP contribution is -2.51. The number of aromatic nitrogens is 2. The molecule has 0 aliphatic carbocycles. The molecule has 3 rings (SSSR count). The molecule has 2 aliphatic rings. The van der Waals surface area contributed by atoms with Crippen LogP contribution >= 0.6 is 0 Å². The largest absolute Gasteiger partial charge is 0.481 e. The Kier molecular flexibility index (Phi) is 3.65. The number of hydrogen-bond donors (Lipinski definition) is 0. The van der Waals surface area contributed by atoms with E-state index in [0.717, 1.165) is 25.9 Å². The van der Waals surface area contributed by atoms with Gasteiger partial charge in [0.2, 0.25) is 5.88 Å². The van der Waals surface area contributed by atoms with Gasteiger partial charge in [0.1, 0.15) is 5.56 Å². The second-order valence-electron chi connectivity index (χ2n) is 6.23. The third-order valence-corrected chi connectivity index (χ3v) is 5.23. The molecule has 0 bridgehead atoms. The van der Waals surface area contributed by atoms with Crippen molar-refractivity contribution in [1.82, 2.24) is 19.6 Å². The molecule has 1 aromatic heterocycles. The molecule has 2 fully saturated rings. The summed E-state index contributed by atoms with van der Waals surface area (Å²) in [6.45, 7) is 2.83. The lowest BCUT2D eigenvalue weighted by Gasteiger charge is -2.43. The third-order valence-electron chi connectivity index (χ3n) is 5.23. The second-order valence-corrected chi connectivity index (χ2v) is 6.23. The van der Waals surface area contributed by atoms with Crippen molar-refractivity contribution in [2.45, 2.75) is 31.2 Å². The number of methoxy groups -OCH3 is 1. The lowest BCUT2D eigenvalue weighted by atomic mass is 9.85. The zero-order valence-corrected chi connectivity index (χ0v) is 13.1. The Morgan fingerprint density at radius 3 is 2.52 bits per heavy atom. The van der Waals surface area contributed by atoms with Crippen molar-refractivity contribution in [3.8, 4) is 5.88 Å². The summed E-state index contributed by atoms with van der Waals surface area (Å²) in [6.07, 6.45) is 6.28. The first-order valence-corrected chi connectivity index (χ1v) is 7.64. The van der Waals surface area contributed by atoms with E-state index < -0.39 is 0 Å². The van der Waals surface area contributed by atoms with Crippen LogP contribution in [0.2, 0.25) is 0 Å². The molecule has 1 amide bonds. The number of hydrogen-bond acceptors (Lipinski definition) is 4. The molecule has 1 aromatic rings. The molecule has 0 radical (unpaired) electrons. The van der Waals surface area contributed by atoms with Crippen LogP contribution in [0.25, 0.3) is 0 Å². The van der Waals surface area contributed by atoms with Crippen LogP contribution in [0.3, 0.4) is 0 Å². The first-order valence-electron chi connectivity index (χ1n) is 7.64. The molecule has 6 heteroatoms. The predicted molar refractivity (Wildman–Crippen MR) is 79.5 cm³/mol. The van der Waals surface area contributed by atoms with Gasteiger partial charge in [-0.2, -0.15) is 5.10 Å². The SMILES string of the molecule is COc1c(C(=O)N2CCC3(CCCN3C)CC2)cnn1C. The number of ether oxygens (including phenoxy) is 1. The summed E-state index contributed by atoms with van der Waals surface area (Å²) in [5, 5.41) is 4.12. The topological polar surface area (TPSA) is 50.6 Å². The van der Waals surface area contributed by atoms with E-state index in [1.54, 1.807) is 25.0 Å². The zero-order chi connectivity index (χ0) is 15.0. The Balaban J connectivity index is 1.70. The maximum Gasteiger partial charge on any atom is 0.260 e. The van der Waals surface area contributed by atoms with Gasteiger partial charge >= 0.3 is 0 Å². The molecule has 6 nitrogen and oxygen atoms in total. The second kappa shape index (κ2) is 5.33. The fraction of sp³-hybridized carbons (Fsp3) is 0.733. The summed E-state index contributed by atoms with van der Waals surface area (Å²) in [5.41, 5.74) is 0.895. The fourth-order valence-corrected chi connectivity index (χ4v) is 3.82. The molecule has 2 aliphatic heterocycles. The lowest BCUT2D eigenvalue weighted by molar-refractivity contribution is 0.0489. The molecule has 2 saturated heterocycles. The van der Waals surface area contributed by atoms with Crippen molar-refractivity contribution in [1.29, 1.82) is 0 Å². The van der Waals surface area contributed by atoms with E-state index in [9.17, 15) is 4.79 Å². The quantitative estimate of drug-likeness (QED) is 0.820. The van der Waals surface area contributed by atoms with Crippen molar-refractivity contribution in [2.75, 3.05) is 33.8 Å². The van der Waals surface area contributed by atoms with Gasteiger partial charge in [0, 0.05) is 25.7 Å². The van der Waals surface area contributed by atoms with Crippen LogP contribution in [0.4, 0.5) is 0 Å². The fourth-order valence-electron chi connectivity index (χ4n) is 3.82. The highest BCUT2D eigenvalue weighted by molar-refractivity contribution is 5.96. The number of amides is 1. The standard InChI is InChI=1S/C15H24N4O2/c1-17-8-4-5-15(17)6-9-19(10-7-15)13(20)12-11-16-18(2)14(12)21-3/h11H,4-10H2,1-3H3. The Morgan fingerprint density at radius 2 is 1.95 bits per heavy atom. The number of likely N-dealkylation sites (tertiary alicyclic amines) is 2. The van der Waals surface area contributed by atoms with Crippen molar-refractivity contribution in [3.63, 3.8) is 0 Å². The molecule has 0 atom stereocenters. The van der Waals surface area contributed by atoms with Gasteiger partial charge in [-0.1, -0.05) is 0 Å². The van der Waals surface area contributed by atoms with Crippen molar-refractivity contribution in [2.24, 2.45) is 7.05 Å². The molecule has 1 spiro atoms. The molecule has 116 valence electrons. The minimum atomic E-state index is 0.0375. The van der Waals surface area contributed by atoms with E-state index >= 15 is 0 Å². The average Bonchev–Trinajstić information content (AvgIpc) is 3.03. The highest BCUT2D eigenvalue weighted by Crippen LogP contribution is 2.37. The van der Waals surface area contributed by atoms with Gasteiger partial charge < -0.3 is 14.5 Å². The summed E-state index contributed by atoms with van der Waals surface area (Å²) in [7, 11) is 5.58. The van der Waals surface area contributed by atoms with E-state index in [1.165, 1.54) is 19.4 Å². The summed E-state index contributed by atoms with van der Waals surface area (Å²) < 4.78 is 6.88. The number of rotatable bonds is 2. The van der Waals surface area contributed by atoms with Gasteiger partial charge in [-0.25, -0.2) is 4.68 Å². The highest BCUT2D eigenvalue weighted by atomic mass is 16.5. The van der Waals surface area contributed by atoms with Crippen LogP contribution in [-0.2, 0) is 7.05 Å². The molecule has 0 N–H and O–H groups in total. The molecule has 21 heavy (non-hydrogen) atoms. The van der Waals surface area contributed by atoms with Crippen molar-refractivity contribution >= 4 is 5.91 Å². The van der Waals surface area contributed by atoms with E-state index in [1.807, 2.05) is 4.90 Å². The Labute approximate surface area is 125 Å². The minimum Gasteiger partial charge on any atom is -0.481 e. The predicted octanol–water partition coefficient (Wildman–Crippen LogP) is 1.13. The molecular formula is C15H24N4O2. The monoisotopic (exact) mass is 292 g/mol. The van der Waals surface area contributed by atoms with Crippen LogP contribution in [0.1, 0.15) is 36.0 Å². The molecule has 0 saturated carbocycles. The van der Waals surface area contributed by atoms with Gasteiger partial charge in [0.15, 0.2) is 0 Å². The first-order chi connectivity index (χ1) is 10.1. The van der Waals surface area contributed by atoms with Crippen LogP contribution in [0, 0.1) is 0 Å². The normalized spacial score (nSPS) is 22.0. The number of carbonyl (C=O) groups is 1. The van der Waals surface area contributed by atoms with Gasteiger partial charge in [-0.05, 0) is 39.3 Å². The van der Waals surface area contributed by atoms with E-state index in [4.69, 9.17) is 4.74 Å². The Hall–Kier alpha value is -1.56. The summed E-state index contributed by atoms with van der Waals surface area (Å²) >= 11 is 0. The molecular weight excluding hydrogens is 268 g/mol. The van der Waals surface area contributed by atoms with Gasteiger partial charge in [-0.3, -0.25) is 4.79 Å².